The zero-order valence-electron chi connectivity index (χ0n) is 10.2. The summed E-state index contributed by atoms with van der Waals surface area (Å²) in [6.45, 7) is 0.225. The van der Waals surface area contributed by atoms with Crippen molar-refractivity contribution in [3.63, 3.8) is 0 Å². The third kappa shape index (κ3) is 3.88. The lowest BCUT2D eigenvalue weighted by molar-refractivity contribution is -0.143. The Morgan fingerprint density at radius 1 is 1.32 bits per heavy atom. The number of carboxylic acid groups (broad SMARTS) is 1. The van der Waals surface area contributed by atoms with E-state index in [0.29, 0.717) is 17.9 Å². The van der Waals surface area contributed by atoms with Gasteiger partial charge >= 0.3 is 5.97 Å². The number of carbonyl (C=O) groups excluding carboxylic acids is 1. The molecule has 0 heterocycles. The number of nitrogens with one attached hydrogen (secondary N) is 1. The molecule has 1 saturated carbocycles. The number of carboxylic acids is 1. The summed E-state index contributed by atoms with van der Waals surface area (Å²) < 4.78 is 0. The van der Waals surface area contributed by atoms with E-state index in [-0.39, 0.29) is 18.2 Å². The Balaban J connectivity index is 1.73. The van der Waals surface area contributed by atoms with Gasteiger partial charge in [0.15, 0.2) is 0 Å². The first kappa shape index (κ1) is 14.2. The van der Waals surface area contributed by atoms with Gasteiger partial charge in [0.1, 0.15) is 0 Å². The Bertz CT molecular complexity index is 485. The highest BCUT2D eigenvalue weighted by Crippen LogP contribution is 2.45. The first-order chi connectivity index (χ1) is 9.02. The van der Waals surface area contributed by atoms with Crippen LogP contribution in [0.2, 0.25) is 5.02 Å². The van der Waals surface area contributed by atoms with Gasteiger partial charge in [0, 0.05) is 16.5 Å². The van der Waals surface area contributed by atoms with E-state index in [0.717, 1.165) is 4.90 Å². The number of thioether (sulfide) groups is 1. The van der Waals surface area contributed by atoms with Crippen molar-refractivity contribution in [3.8, 4) is 0 Å². The second kappa shape index (κ2) is 5.84. The summed E-state index contributed by atoms with van der Waals surface area (Å²) in [4.78, 5) is 23.5. The lowest BCUT2D eigenvalue weighted by atomic mass is 10.1. The summed E-state index contributed by atoms with van der Waals surface area (Å²) >= 11 is 7.17. The van der Waals surface area contributed by atoms with Gasteiger partial charge in [-0.25, -0.2) is 0 Å². The molecule has 102 valence electrons. The summed E-state index contributed by atoms with van der Waals surface area (Å²) in [5.41, 5.74) is -0.708. The Morgan fingerprint density at radius 2 is 1.95 bits per heavy atom. The number of benzene rings is 1. The van der Waals surface area contributed by atoms with E-state index in [1.165, 1.54) is 11.8 Å². The number of rotatable bonds is 6. The summed E-state index contributed by atoms with van der Waals surface area (Å²) in [5, 5.41) is 12.3. The van der Waals surface area contributed by atoms with Crippen molar-refractivity contribution in [1.29, 1.82) is 0 Å². The van der Waals surface area contributed by atoms with Gasteiger partial charge in [0.05, 0.1) is 11.2 Å². The van der Waals surface area contributed by atoms with Crippen LogP contribution in [-0.4, -0.2) is 29.3 Å². The third-order valence-corrected chi connectivity index (χ3v) is 4.38. The molecule has 19 heavy (non-hydrogen) atoms. The molecule has 4 nitrogen and oxygen atoms in total. The van der Waals surface area contributed by atoms with Crippen LogP contribution in [-0.2, 0) is 9.59 Å². The molecule has 6 heteroatoms. The van der Waals surface area contributed by atoms with Crippen molar-refractivity contribution in [2.24, 2.45) is 5.41 Å². The largest absolute Gasteiger partial charge is 0.481 e. The number of aliphatic carboxylic acids is 1. The average molecular weight is 300 g/mol. The molecule has 0 bridgehead atoms. The molecule has 2 rings (SSSR count). The summed E-state index contributed by atoms with van der Waals surface area (Å²) in [5.74, 6) is -0.692. The zero-order chi connectivity index (χ0) is 13.9. The van der Waals surface area contributed by atoms with Crippen molar-refractivity contribution >= 4 is 35.2 Å². The van der Waals surface area contributed by atoms with Crippen LogP contribution >= 0.6 is 23.4 Å². The minimum absolute atomic E-state index is 0.146. The Labute approximate surface area is 120 Å². The molecular weight excluding hydrogens is 286 g/mol. The average Bonchev–Trinajstić information content (AvgIpc) is 3.17. The van der Waals surface area contributed by atoms with Crippen LogP contribution in [0.15, 0.2) is 29.2 Å². The van der Waals surface area contributed by atoms with E-state index in [2.05, 4.69) is 5.32 Å². The number of halogens is 1. The summed E-state index contributed by atoms with van der Waals surface area (Å²) in [6.07, 6.45) is 1.29. The van der Waals surface area contributed by atoms with Crippen LogP contribution in [0, 0.1) is 5.41 Å². The normalized spacial score (nSPS) is 15.8. The predicted molar refractivity (Wildman–Crippen MR) is 74.5 cm³/mol. The Kier molecular flexibility index (Phi) is 4.37. The van der Waals surface area contributed by atoms with Crippen LogP contribution in [0.25, 0.3) is 0 Å². The molecule has 1 amide bonds. The molecule has 0 saturated heterocycles. The van der Waals surface area contributed by atoms with Crippen LogP contribution in [0.1, 0.15) is 12.8 Å². The fourth-order valence-corrected chi connectivity index (χ4v) is 2.47. The van der Waals surface area contributed by atoms with Crippen molar-refractivity contribution in [2.75, 3.05) is 12.3 Å². The monoisotopic (exact) mass is 299 g/mol. The minimum Gasteiger partial charge on any atom is -0.481 e. The quantitative estimate of drug-likeness (QED) is 0.792. The van der Waals surface area contributed by atoms with Crippen molar-refractivity contribution in [3.05, 3.63) is 29.3 Å². The van der Waals surface area contributed by atoms with Gasteiger partial charge in [0.25, 0.3) is 0 Å². The molecule has 0 atom stereocenters. The second-order valence-corrected chi connectivity index (χ2v) is 6.09. The smallest absolute Gasteiger partial charge is 0.311 e. The first-order valence-electron chi connectivity index (χ1n) is 5.90. The van der Waals surface area contributed by atoms with E-state index < -0.39 is 11.4 Å². The topological polar surface area (TPSA) is 66.4 Å². The fraction of sp³-hybridized carbons (Fsp3) is 0.385. The molecule has 1 aromatic carbocycles. The molecule has 0 spiro atoms. The highest BCUT2D eigenvalue weighted by molar-refractivity contribution is 8.00. The molecule has 1 fully saturated rings. The third-order valence-electron chi connectivity index (χ3n) is 3.11. The zero-order valence-corrected chi connectivity index (χ0v) is 11.8. The van der Waals surface area contributed by atoms with E-state index in [9.17, 15) is 9.59 Å². The fourth-order valence-electron chi connectivity index (χ4n) is 1.62. The SMILES string of the molecule is O=C(CSc1ccc(Cl)cc1)NCC1(C(=O)O)CC1. The number of amides is 1. The van der Waals surface area contributed by atoms with Crippen LogP contribution in [0.3, 0.4) is 0 Å². The molecule has 0 unspecified atom stereocenters. The molecule has 2 N–H and O–H groups in total. The van der Waals surface area contributed by atoms with E-state index in [1.54, 1.807) is 12.1 Å². The van der Waals surface area contributed by atoms with E-state index >= 15 is 0 Å². The van der Waals surface area contributed by atoms with Gasteiger partial charge in [-0.05, 0) is 37.1 Å². The molecule has 0 aliphatic heterocycles. The van der Waals surface area contributed by atoms with Gasteiger partial charge < -0.3 is 10.4 Å². The molecule has 1 aliphatic rings. The van der Waals surface area contributed by atoms with Gasteiger partial charge in [-0.1, -0.05) is 11.6 Å². The van der Waals surface area contributed by atoms with Crippen LogP contribution in [0.5, 0.6) is 0 Å². The molecule has 0 aromatic heterocycles. The molecule has 0 radical (unpaired) electrons. The number of hydrogen-bond donors (Lipinski definition) is 2. The van der Waals surface area contributed by atoms with Crippen molar-refractivity contribution < 1.29 is 14.7 Å². The van der Waals surface area contributed by atoms with Crippen molar-refractivity contribution in [1.82, 2.24) is 5.32 Å². The summed E-state index contributed by atoms with van der Waals surface area (Å²) in [6, 6.07) is 7.23. The standard InChI is InChI=1S/C13H14ClNO3S/c14-9-1-3-10(4-2-9)19-7-11(16)15-8-13(5-6-13)12(17)18/h1-4H,5-8H2,(H,15,16)(H,17,18). The maximum Gasteiger partial charge on any atom is 0.311 e. The number of hydrogen-bond acceptors (Lipinski definition) is 3. The van der Waals surface area contributed by atoms with Gasteiger partial charge in [-0.15, -0.1) is 11.8 Å². The van der Waals surface area contributed by atoms with Gasteiger partial charge in [-0.2, -0.15) is 0 Å². The molecule has 1 aliphatic carbocycles. The molecular formula is C13H14ClNO3S. The maximum absolute atomic E-state index is 11.6. The Morgan fingerprint density at radius 3 is 2.47 bits per heavy atom. The molecule has 1 aromatic rings. The van der Waals surface area contributed by atoms with E-state index in [4.69, 9.17) is 16.7 Å². The second-order valence-electron chi connectivity index (χ2n) is 4.60. The van der Waals surface area contributed by atoms with Crippen LogP contribution < -0.4 is 5.32 Å². The van der Waals surface area contributed by atoms with Crippen LogP contribution in [0.4, 0.5) is 0 Å². The van der Waals surface area contributed by atoms with Gasteiger partial charge in [0.2, 0.25) is 5.91 Å². The maximum atomic E-state index is 11.6. The first-order valence-corrected chi connectivity index (χ1v) is 7.27. The minimum atomic E-state index is -0.821. The van der Waals surface area contributed by atoms with Crippen molar-refractivity contribution in [2.45, 2.75) is 17.7 Å². The number of carbonyl (C=O) groups is 2. The summed E-state index contributed by atoms with van der Waals surface area (Å²) in [7, 11) is 0. The lowest BCUT2D eigenvalue weighted by Gasteiger charge is -2.10. The van der Waals surface area contributed by atoms with Gasteiger partial charge in [-0.3, -0.25) is 9.59 Å². The highest BCUT2D eigenvalue weighted by atomic mass is 35.5. The van der Waals surface area contributed by atoms with E-state index in [1.807, 2.05) is 12.1 Å². The predicted octanol–water partition coefficient (Wildman–Crippen LogP) is 2.41. The highest BCUT2D eigenvalue weighted by Gasteiger charge is 2.50. The Hall–Kier alpha value is -1.20. The lowest BCUT2D eigenvalue weighted by Crippen LogP contribution is -2.35.